The summed E-state index contributed by atoms with van der Waals surface area (Å²) in [7, 11) is 0. The van der Waals surface area contributed by atoms with E-state index in [-0.39, 0.29) is 0 Å². The van der Waals surface area contributed by atoms with E-state index in [1.165, 1.54) is 0 Å². The van der Waals surface area contributed by atoms with Crippen LogP contribution in [0, 0.1) is 6.57 Å². The van der Waals surface area contributed by atoms with Crippen LogP contribution in [0.3, 0.4) is 0 Å². The molecule has 7 nitrogen and oxygen atoms in total. The summed E-state index contributed by atoms with van der Waals surface area (Å²) < 4.78 is 11.3. The lowest BCUT2D eigenvalue weighted by atomic mass is 10.0. The van der Waals surface area contributed by atoms with Gasteiger partial charge in [-0.05, 0) is 52.7 Å². The predicted octanol–water partition coefficient (Wildman–Crippen LogP) is 14.7. The van der Waals surface area contributed by atoms with Gasteiger partial charge in [0.1, 0.15) is 11.2 Å². The summed E-state index contributed by atoms with van der Waals surface area (Å²) in [5.74, 6) is 1.71. The van der Waals surface area contributed by atoms with Crippen molar-refractivity contribution in [2.45, 2.75) is 0 Å². The number of benzene rings is 9. The molecular weight excluding hydrogens is 773 g/mol. The van der Waals surface area contributed by atoms with Gasteiger partial charge >= 0.3 is 0 Å². The Hall–Kier alpha value is -8.86. The third kappa shape index (κ3) is 5.35. The molecule has 0 aliphatic rings. The number of nitrogens with zero attached hydrogens (tertiary/aromatic N) is 6. The second-order valence-electron chi connectivity index (χ2n) is 15.9. The van der Waals surface area contributed by atoms with Crippen molar-refractivity contribution in [1.82, 2.24) is 24.1 Å². The van der Waals surface area contributed by atoms with E-state index in [1.807, 2.05) is 66.7 Å². The molecule has 0 aliphatic heterocycles. The van der Waals surface area contributed by atoms with Gasteiger partial charge in [-0.25, -0.2) is 9.83 Å². The lowest BCUT2D eigenvalue weighted by Gasteiger charge is -2.14. The normalized spacial score (nSPS) is 11.8. The van der Waals surface area contributed by atoms with Crippen LogP contribution < -0.4 is 0 Å². The van der Waals surface area contributed by atoms with Crippen LogP contribution in [0.4, 0.5) is 5.69 Å². The fourth-order valence-electron chi connectivity index (χ4n) is 9.49. The SMILES string of the molecule is [C-]#[N+]c1ccc(-c2cc(-n3c4ccccc4c4ccc5c6ccccc6n(-c6nc(-c7ccccc7)nc(-c7ccc8ccccc8c7)n6)c5c43)cc3c2oc2ccccc23)cc1. The Morgan fingerprint density at radius 2 is 1.03 bits per heavy atom. The molecule has 9 aromatic carbocycles. The summed E-state index contributed by atoms with van der Waals surface area (Å²) in [5.41, 5.74) is 11.0. The van der Waals surface area contributed by atoms with E-state index in [0.717, 1.165) is 104 Å². The Kier molecular flexibility index (Phi) is 7.53. The van der Waals surface area contributed by atoms with Crippen LogP contribution in [0.15, 0.2) is 199 Å². The van der Waals surface area contributed by atoms with Crippen molar-refractivity contribution < 1.29 is 4.42 Å². The smallest absolute Gasteiger partial charge is 0.238 e. The maximum absolute atomic E-state index is 7.62. The van der Waals surface area contributed by atoms with Crippen molar-refractivity contribution >= 4 is 82.0 Å². The Balaban J connectivity index is 1.17. The Bertz CT molecular complexity index is 4040. The molecule has 0 spiro atoms. The van der Waals surface area contributed by atoms with Gasteiger partial charge in [-0.3, -0.25) is 4.57 Å². The van der Waals surface area contributed by atoms with Crippen LogP contribution in [0.5, 0.6) is 0 Å². The number of furan rings is 1. The molecule has 0 saturated carbocycles. The highest BCUT2D eigenvalue weighted by molar-refractivity contribution is 6.24. The summed E-state index contributed by atoms with van der Waals surface area (Å²) in [6.45, 7) is 7.62. The molecule has 0 fully saturated rings. The molecule has 0 amide bonds. The number of aromatic nitrogens is 5. The lowest BCUT2D eigenvalue weighted by molar-refractivity contribution is 0.670. The highest BCUT2D eigenvalue weighted by atomic mass is 16.3. The Morgan fingerprint density at radius 1 is 0.429 bits per heavy atom. The molecule has 7 heteroatoms. The van der Waals surface area contributed by atoms with Crippen LogP contribution in [0.2, 0.25) is 0 Å². The summed E-state index contributed by atoms with van der Waals surface area (Å²) in [4.78, 5) is 19.5. The maximum Gasteiger partial charge on any atom is 0.238 e. The molecule has 292 valence electrons. The monoisotopic (exact) mass is 804 g/mol. The van der Waals surface area contributed by atoms with Crippen molar-refractivity contribution in [3.8, 4) is 45.5 Å². The maximum atomic E-state index is 7.62. The third-order valence-corrected chi connectivity index (χ3v) is 12.4. The van der Waals surface area contributed by atoms with Crippen LogP contribution >= 0.6 is 0 Å². The molecule has 13 rings (SSSR count). The predicted molar refractivity (Wildman–Crippen MR) is 256 cm³/mol. The minimum Gasteiger partial charge on any atom is -0.455 e. The van der Waals surface area contributed by atoms with Crippen LogP contribution in [0.25, 0.3) is 127 Å². The van der Waals surface area contributed by atoms with Crippen LogP contribution in [-0.2, 0) is 0 Å². The number of hydrogen-bond donors (Lipinski definition) is 0. The summed E-state index contributed by atoms with van der Waals surface area (Å²) >= 11 is 0. The second-order valence-corrected chi connectivity index (χ2v) is 15.9. The Labute approximate surface area is 360 Å². The van der Waals surface area contributed by atoms with E-state index in [0.29, 0.717) is 23.3 Å². The minimum absolute atomic E-state index is 0.527. The molecule has 0 unspecified atom stereocenters. The summed E-state index contributed by atoms with van der Waals surface area (Å²) in [6, 6.07) is 67.0. The van der Waals surface area contributed by atoms with Gasteiger partial charge in [0.2, 0.25) is 5.95 Å². The molecule has 0 aliphatic carbocycles. The summed E-state index contributed by atoms with van der Waals surface area (Å²) in [5, 5.41) is 8.73. The van der Waals surface area contributed by atoms with E-state index in [2.05, 4.69) is 141 Å². The van der Waals surface area contributed by atoms with Gasteiger partial charge < -0.3 is 8.98 Å². The first-order chi connectivity index (χ1) is 31.2. The van der Waals surface area contributed by atoms with Gasteiger partial charge in [0.25, 0.3) is 0 Å². The van der Waals surface area contributed by atoms with E-state index in [4.69, 9.17) is 25.9 Å². The van der Waals surface area contributed by atoms with Crippen molar-refractivity contribution in [2.75, 3.05) is 0 Å². The van der Waals surface area contributed by atoms with E-state index < -0.39 is 0 Å². The van der Waals surface area contributed by atoms with Crippen molar-refractivity contribution in [3.63, 3.8) is 0 Å². The first-order valence-corrected chi connectivity index (χ1v) is 20.9. The quantitative estimate of drug-likeness (QED) is 0.163. The van der Waals surface area contributed by atoms with Gasteiger partial charge in [-0.2, -0.15) is 9.97 Å². The lowest BCUT2D eigenvalue weighted by Crippen LogP contribution is -2.07. The third-order valence-electron chi connectivity index (χ3n) is 12.4. The minimum atomic E-state index is 0.527. The van der Waals surface area contributed by atoms with Gasteiger partial charge in [-0.15, -0.1) is 0 Å². The van der Waals surface area contributed by atoms with Gasteiger partial charge in [0.15, 0.2) is 17.3 Å². The topological polar surface area (TPSA) is 66.0 Å². The fourth-order valence-corrected chi connectivity index (χ4v) is 9.49. The largest absolute Gasteiger partial charge is 0.455 e. The first-order valence-electron chi connectivity index (χ1n) is 20.9. The molecule has 0 bridgehead atoms. The van der Waals surface area contributed by atoms with E-state index >= 15 is 0 Å². The number of fused-ring (bicyclic) bond motifs is 11. The number of para-hydroxylation sites is 3. The molecule has 0 N–H and O–H groups in total. The number of hydrogen-bond acceptors (Lipinski definition) is 4. The second kappa shape index (κ2) is 13.6. The van der Waals surface area contributed by atoms with Crippen molar-refractivity contribution in [2.24, 2.45) is 0 Å². The molecule has 13 aromatic rings. The molecule has 4 aromatic heterocycles. The molecule has 0 radical (unpaired) electrons. The first kappa shape index (κ1) is 34.9. The average molecular weight is 805 g/mol. The molecular formula is C56H32N6O. The highest BCUT2D eigenvalue weighted by Gasteiger charge is 2.25. The average Bonchev–Trinajstić information content (AvgIpc) is 4.02. The molecule has 4 heterocycles. The fraction of sp³-hybridized carbons (Fsp3) is 0. The molecule has 0 saturated heterocycles. The Morgan fingerprint density at radius 3 is 1.78 bits per heavy atom. The van der Waals surface area contributed by atoms with Crippen molar-refractivity contribution in [1.29, 1.82) is 0 Å². The molecule has 0 atom stereocenters. The highest BCUT2D eigenvalue weighted by Crippen LogP contribution is 2.44. The standard InChI is InChI=1S/C56H32N6O/c1-57-39-27-25-35(26-28-39)46-32-40(33-47-43-19-9-12-22-50(43)63-53(46)47)61-48-20-10-7-17-41(48)44-29-30-45-42-18-8-11-21-49(42)62(52(45)51(44)61)56-59-54(36-14-3-2-4-15-36)58-55(60-56)38-24-23-34-13-5-6-16-37(34)31-38/h2-33H. The zero-order valence-corrected chi connectivity index (χ0v) is 33.6. The van der Waals surface area contributed by atoms with Gasteiger partial charge in [0.05, 0.1) is 28.6 Å². The van der Waals surface area contributed by atoms with E-state index in [1.54, 1.807) is 0 Å². The van der Waals surface area contributed by atoms with Crippen molar-refractivity contribution in [3.05, 3.63) is 206 Å². The van der Waals surface area contributed by atoms with Crippen LogP contribution in [-0.4, -0.2) is 24.1 Å². The van der Waals surface area contributed by atoms with Gasteiger partial charge in [-0.1, -0.05) is 158 Å². The zero-order chi connectivity index (χ0) is 41.6. The van der Waals surface area contributed by atoms with Crippen LogP contribution in [0.1, 0.15) is 0 Å². The number of rotatable bonds is 5. The van der Waals surface area contributed by atoms with Gasteiger partial charge in [0, 0.05) is 54.7 Å². The summed E-state index contributed by atoms with van der Waals surface area (Å²) in [6.07, 6.45) is 0. The zero-order valence-electron chi connectivity index (χ0n) is 33.6. The molecule has 63 heavy (non-hydrogen) atoms. The van der Waals surface area contributed by atoms with E-state index in [9.17, 15) is 0 Å².